The molecule has 1 aromatic heterocycles. The fourth-order valence-electron chi connectivity index (χ4n) is 3.19. The van der Waals surface area contributed by atoms with E-state index in [9.17, 15) is 9.59 Å². The molecule has 0 aliphatic carbocycles. The maximum absolute atomic E-state index is 12.7. The van der Waals surface area contributed by atoms with Gasteiger partial charge in [-0.05, 0) is 49.7 Å². The van der Waals surface area contributed by atoms with E-state index in [-0.39, 0.29) is 11.8 Å². The van der Waals surface area contributed by atoms with Crippen LogP contribution < -0.4 is 4.74 Å². The summed E-state index contributed by atoms with van der Waals surface area (Å²) in [4.78, 5) is 31.8. The van der Waals surface area contributed by atoms with Gasteiger partial charge in [0, 0.05) is 43.6 Å². The first-order valence-electron chi connectivity index (χ1n) is 9.01. The number of aromatic nitrogens is 1. The molecule has 1 N–H and O–H groups in total. The van der Waals surface area contributed by atoms with Crippen molar-refractivity contribution in [3.8, 4) is 5.75 Å². The van der Waals surface area contributed by atoms with Crippen molar-refractivity contribution < 1.29 is 14.3 Å². The zero-order valence-electron chi connectivity index (χ0n) is 15.3. The molecule has 0 unspecified atom stereocenters. The standard InChI is InChI=1S/C20H25N3O3/c1-3-26-18-7-6-16(13-15(18)2)20(25)23-11-9-22(10-12-23)19(24)14-17-5-4-8-21-17/h4-8,13,21H,3,9-12,14H2,1-2H3. The number of rotatable bonds is 5. The SMILES string of the molecule is CCOc1ccc(C(=O)N2CCN(C(=O)Cc3ccc[nH]3)CC2)cc1C. The summed E-state index contributed by atoms with van der Waals surface area (Å²) in [6, 6.07) is 9.32. The van der Waals surface area contributed by atoms with Gasteiger partial charge in [-0.3, -0.25) is 9.59 Å². The number of nitrogens with zero attached hydrogens (tertiary/aromatic N) is 2. The molecule has 1 fully saturated rings. The zero-order valence-corrected chi connectivity index (χ0v) is 15.3. The van der Waals surface area contributed by atoms with Crippen LogP contribution in [-0.4, -0.2) is 59.4 Å². The van der Waals surface area contributed by atoms with Crippen LogP contribution in [0.25, 0.3) is 0 Å². The lowest BCUT2D eigenvalue weighted by Crippen LogP contribution is -2.51. The number of H-pyrrole nitrogens is 1. The maximum atomic E-state index is 12.7. The van der Waals surface area contributed by atoms with Crippen molar-refractivity contribution in [3.63, 3.8) is 0 Å². The van der Waals surface area contributed by atoms with Crippen LogP contribution in [0.5, 0.6) is 5.75 Å². The Morgan fingerprint density at radius 3 is 2.46 bits per heavy atom. The highest BCUT2D eigenvalue weighted by atomic mass is 16.5. The van der Waals surface area contributed by atoms with Crippen LogP contribution in [0, 0.1) is 6.92 Å². The van der Waals surface area contributed by atoms with E-state index in [4.69, 9.17) is 4.74 Å². The first-order valence-corrected chi connectivity index (χ1v) is 9.01. The summed E-state index contributed by atoms with van der Waals surface area (Å²) in [5.41, 5.74) is 2.54. The van der Waals surface area contributed by atoms with Gasteiger partial charge in [-0.25, -0.2) is 0 Å². The van der Waals surface area contributed by atoms with Gasteiger partial charge in [0.15, 0.2) is 0 Å². The summed E-state index contributed by atoms with van der Waals surface area (Å²) in [5.74, 6) is 0.910. The largest absolute Gasteiger partial charge is 0.494 e. The Balaban J connectivity index is 1.56. The molecule has 2 heterocycles. The van der Waals surface area contributed by atoms with Gasteiger partial charge in [0.1, 0.15) is 5.75 Å². The summed E-state index contributed by atoms with van der Waals surface area (Å²) < 4.78 is 5.53. The summed E-state index contributed by atoms with van der Waals surface area (Å²) >= 11 is 0. The third kappa shape index (κ3) is 4.07. The molecule has 6 heteroatoms. The molecule has 3 rings (SSSR count). The second kappa shape index (κ2) is 8.08. The molecule has 0 radical (unpaired) electrons. The average Bonchev–Trinajstić information content (AvgIpc) is 3.16. The third-order valence-electron chi connectivity index (χ3n) is 4.65. The Labute approximate surface area is 153 Å². The van der Waals surface area contributed by atoms with E-state index in [1.807, 2.05) is 60.2 Å². The van der Waals surface area contributed by atoms with Crippen LogP contribution in [-0.2, 0) is 11.2 Å². The molecule has 26 heavy (non-hydrogen) atoms. The van der Waals surface area contributed by atoms with E-state index in [1.165, 1.54) is 0 Å². The average molecular weight is 355 g/mol. The summed E-state index contributed by atoms with van der Waals surface area (Å²) in [6.45, 7) is 6.74. The molecule has 1 aromatic carbocycles. The van der Waals surface area contributed by atoms with Crippen LogP contribution in [0.3, 0.4) is 0 Å². The van der Waals surface area contributed by atoms with Gasteiger partial charge in [0.2, 0.25) is 5.91 Å². The van der Waals surface area contributed by atoms with Crippen molar-refractivity contribution >= 4 is 11.8 Å². The molecule has 0 atom stereocenters. The lowest BCUT2D eigenvalue weighted by molar-refractivity contribution is -0.132. The third-order valence-corrected chi connectivity index (χ3v) is 4.65. The maximum Gasteiger partial charge on any atom is 0.253 e. The quantitative estimate of drug-likeness (QED) is 0.895. The van der Waals surface area contributed by atoms with Gasteiger partial charge >= 0.3 is 0 Å². The van der Waals surface area contributed by atoms with Gasteiger partial charge < -0.3 is 19.5 Å². The molecule has 0 spiro atoms. The normalized spacial score (nSPS) is 14.4. The zero-order chi connectivity index (χ0) is 18.5. The number of aromatic amines is 1. The van der Waals surface area contributed by atoms with E-state index in [0.29, 0.717) is 44.8 Å². The number of aryl methyl sites for hydroxylation is 1. The minimum absolute atomic E-state index is 0.00705. The van der Waals surface area contributed by atoms with Crippen molar-refractivity contribution in [1.82, 2.24) is 14.8 Å². The lowest BCUT2D eigenvalue weighted by Gasteiger charge is -2.35. The van der Waals surface area contributed by atoms with Crippen molar-refractivity contribution in [2.24, 2.45) is 0 Å². The predicted octanol–water partition coefficient (Wildman–Crippen LogP) is 2.25. The van der Waals surface area contributed by atoms with Crippen LogP contribution >= 0.6 is 0 Å². The molecule has 2 amide bonds. The fourth-order valence-corrected chi connectivity index (χ4v) is 3.19. The number of piperazine rings is 1. The predicted molar refractivity (Wildman–Crippen MR) is 99.3 cm³/mol. The highest BCUT2D eigenvalue weighted by molar-refractivity contribution is 5.94. The highest BCUT2D eigenvalue weighted by Gasteiger charge is 2.25. The Morgan fingerprint density at radius 2 is 1.85 bits per heavy atom. The van der Waals surface area contributed by atoms with Crippen molar-refractivity contribution in [1.29, 1.82) is 0 Å². The summed E-state index contributed by atoms with van der Waals surface area (Å²) in [5, 5.41) is 0. The molecular formula is C20H25N3O3. The van der Waals surface area contributed by atoms with Crippen molar-refractivity contribution in [2.75, 3.05) is 32.8 Å². The molecular weight excluding hydrogens is 330 g/mol. The number of carbonyl (C=O) groups excluding carboxylic acids is 2. The Kier molecular flexibility index (Phi) is 5.61. The molecule has 6 nitrogen and oxygen atoms in total. The van der Waals surface area contributed by atoms with Gasteiger partial charge in [0.05, 0.1) is 13.0 Å². The fraction of sp³-hybridized carbons (Fsp3) is 0.400. The van der Waals surface area contributed by atoms with E-state index in [0.717, 1.165) is 17.0 Å². The highest BCUT2D eigenvalue weighted by Crippen LogP contribution is 2.20. The number of hydrogen-bond acceptors (Lipinski definition) is 3. The second-order valence-electron chi connectivity index (χ2n) is 6.46. The second-order valence-corrected chi connectivity index (χ2v) is 6.46. The molecule has 1 saturated heterocycles. The number of hydrogen-bond donors (Lipinski definition) is 1. The van der Waals surface area contributed by atoms with Gasteiger partial charge in [-0.1, -0.05) is 0 Å². The van der Waals surface area contributed by atoms with Gasteiger partial charge in [0.25, 0.3) is 5.91 Å². The molecule has 138 valence electrons. The molecule has 0 bridgehead atoms. The Hall–Kier alpha value is -2.76. The van der Waals surface area contributed by atoms with Crippen LogP contribution in [0.15, 0.2) is 36.5 Å². The number of ether oxygens (including phenoxy) is 1. The van der Waals surface area contributed by atoms with Crippen LogP contribution in [0.2, 0.25) is 0 Å². The molecule has 1 aliphatic heterocycles. The number of benzene rings is 1. The molecule has 2 aromatic rings. The van der Waals surface area contributed by atoms with Gasteiger partial charge in [-0.2, -0.15) is 0 Å². The van der Waals surface area contributed by atoms with Crippen LogP contribution in [0.1, 0.15) is 28.5 Å². The number of nitrogens with one attached hydrogen (secondary N) is 1. The monoisotopic (exact) mass is 355 g/mol. The topological polar surface area (TPSA) is 65.6 Å². The number of amides is 2. The first kappa shape index (κ1) is 18.0. The van der Waals surface area contributed by atoms with E-state index < -0.39 is 0 Å². The molecule has 1 aliphatic rings. The Morgan fingerprint density at radius 1 is 1.12 bits per heavy atom. The summed E-state index contributed by atoms with van der Waals surface area (Å²) in [7, 11) is 0. The smallest absolute Gasteiger partial charge is 0.253 e. The summed E-state index contributed by atoms with van der Waals surface area (Å²) in [6.07, 6.45) is 2.19. The minimum Gasteiger partial charge on any atom is -0.494 e. The van der Waals surface area contributed by atoms with Crippen molar-refractivity contribution in [2.45, 2.75) is 20.3 Å². The molecule has 0 saturated carbocycles. The minimum atomic E-state index is 0.00705. The van der Waals surface area contributed by atoms with E-state index in [1.54, 1.807) is 0 Å². The van der Waals surface area contributed by atoms with Crippen LogP contribution in [0.4, 0.5) is 0 Å². The lowest BCUT2D eigenvalue weighted by atomic mass is 10.1. The Bertz CT molecular complexity index is 763. The van der Waals surface area contributed by atoms with Crippen molar-refractivity contribution in [3.05, 3.63) is 53.3 Å². The van der Waals surface area contributed by atoms with Gasteiger partial charge in [-0.15, -0.1) is 0 Å². The number of carbonyl (C=O) groups is 2. The van der Waals surface area contributed by atoms with E-state index in [2.05, 4.69) is 4.98 Å². The van der Waals surface area contributed by atoms with E-state index >= 15 is 0 Å². The first-order chi connectivity index (χ1) is 12.6.